The number of halogens is 2. The van der Waals surface area contributed by atoms with E-state index in [9.17, 15) is 4.79 Å². The van der Waals surface area contributed by atoms with Gasteiger partial charge in [0.25, 0.3) is 0 Å². The molecule has 0 bridgehead atoms. The SMILES string of the molecule is COC(=O)Cc1cc(C#N)c(Br)cc1Br. The van der Waals surface area contributed by atoms with E-state index in [2.05, 4.69) is 36.6 Å². The molecule has 0 saturated heterocycles. The number of hydrogen-bond acceptors (Lipinski definition) is 3. The Morgan fingerprint density at radius 2 is 2.13 bits per heavy atom. The van der Waals surface area contributed by atoms with Crippen LogP contribution in [0.15, 0.2) is 21.1 Å². The van der Waals surface area contributed by atoms with E-state index < -0.39 is 0 Å². The Labute approximate surface area is 104 Å². The molecule has 1 aromatic carbocycles. The smallest absolute Gasteiger partial charge is 0.310 e. The topological polar surface area (TPSA) is 50.1 Å². The Morgan fingerprint density at radius 3 is 2.67 bits per heavy atom. The van der Waals surface area contributed by atoms with Crippen molar-refractivity contribution in [1.29, 1.82) is 5.26 Å². The zero-order valence-electron chi connectivity index (χ0n) is 7.88. The third kappa shape index (κ3) is 3.05. The van der Waals surface area contributed by atoms with Gasteiger partial charge < -0.3 is 4.74 Å². The average Bonchev–Trinajstić information content (AvgIpc) is 2.21. The van der Waals surface area contributed by atoms with Crippen molar-refractivity contribution in [1.82, 2.24) is 0 Å². The van der Waals surface area contributed by atoms with Crippen molar-refractivity contribution in [3.05, 3.63) is 32.2 Å². The number of nitrogens with zero attached hydrogens (tertiary/aromatic N) is 1. The molecule has 78 valence electrons. The molecule has 0 aromatic heterocycles. The Hall–Kier alpha value is -0.860. The van der Waals surface area contributed by atoms with E-state index in [0.29, 0.717) is 10.0 Å². The molecule has 0 amide bonds. The van der Waals surface area contributed by atoms with E-state index in [0.717, 1.165) is 10.0 Å². The summed E-state index contributed by atoms with van der Waals surface area (Å²) < 4.78 is 6.03. The lowest BCUT2D eigenvalue weighted by Crippen LogP contribution is -2.05. The molecule has 0 radical (unpaired) electrons. The highest BCUT2D eigenvalue weighted by Crippen LogP contribution is 2.26. The maximum absolute atomic E-state index is 11.1. The minimum absolute atomic E-state index is 0.152. The highest BCUT2D eigenvalue weighted by Gasteiger charge is 2.10. The lowest BCUT2D eigenvalue weighted by atomic mass is 10.1. The molecule has 0 spiro atoms. The molecule has 3 nitrogen and oxygen atoms in total. The number of carbonyl (C=O) groups is 1. The number of esters is 1. The lowest BCUT2D eigenvalue weighted by Gasteiger charge is -2.05. The van der Waals surface area contributed by atoms with Crippen LogP contribution in [0, 0.1) is 11.3 Å². The monoisotopic (exact) mass is 331 g/mol. The Kier molecular flexibility index (Phi) is 4.30. The van der Waals surface area contributed by atoms with Gasteiger partial charge in [-0.05, 0) is 33.6 Å². The van der Waals surface area contributed by atoms with Crippen molar-refractivity contribution >= 4 is 37.8 Å². The summed E-state index contributed by atoms with van der Waals surface area (Å²) >= 11 is 6.58. The van der Waals surface area contributed by atoms with Gasteiger partial charge in [-0.15, -0.1) is 0 Å². The molecule has 15 heavy (non-hydrogen) atoms. The fraction of sp³-hybridized carbons (Fsp3) is 0.200. The van der Waals surface area contributed by atoms with E-state index in [1.807, 2.05) is 6.07 Å². The summed E-state index contributed by atoms with van der Waals surface area (Å²) in [5, 5.41) is 8.81. The van der Waals surface area contributed by atoms with Crippen LogP contribution in [0.1, 0.15) is 11.1 Å². The fourth-order valence-corrected chi connectivity index (χ4v) is 2.27. The average molecular weight is 333 g/mol. The quantitative estimate of drug-likeness (QED) is 0.782. The first kappa shape index (κ1) is 12.2. The van der Waals surface area contributed by atoms with Gasteiger partial charge in [0.2, 0.25) is 0 Å². The van der Waals surface area contributed by atoms with Crippen molar-refractivity contribution in [2.75, 3.05) is 7.11 Å². The summed E-state index contributed by atoms with van der Waals surface area (Å²) in [5.41, 5.74) is 1.23. The van der Waals surface area contributed by atoms with Crippen LogP contribution in [-0.4, -0.2) is 13.1 Å². The Bertz CT molecular complexity index is 438. The largest absolute Gasteiger partial charge is 0.469 e. The molecular weight excluding hydrogens is 326 g/mol. The molecular formula is C10H7Br2NO2. The summed E-state index contributed by atoms with van der Waals surface area (Å²) in [7, 11) is 1.33. The van der Waals surface area contributed by atoms with Gasteiger partial charge in [-0.2, -0.15) is 5.26 Å². The summed E-state index contributed by atoms with van der Waals surface area (Å²) in [6.45, 7) is 0. The van der Waals surface area contributed by atoms with Gasteiger partial charge in [-0.1, -0.05) is 15.9 Å². The van der Waals surface area contributed by atoms with Gasteiger partial charge in [-0.25, -0.2) is 0 Å². The number of rotatable bonds is 2. The number of carbonyl (C=O) groups excluding carboxylic acids is 1. The third-order valence-corrected chi connectivity index (χ3v) is 3.21. The van der Waals surface area contributed by atoms with Gasteiger partial charge in [-0.3, -0.25) is 4.79 Å². The highest BCUT2D eigenvalue weighted by molar-refractivity contribution is 9.11. The molecule has 0 heterocycles. The first-order valence-corrected chi connectivity index (χ1v) is 5.62. The maximum Gasteiger partial charge on any atom is 0.310 e. The zero-order valence-corrected chi connectivity index (χ0v) is 11.1. The fourth-order valence-electron chi connectivity index (χ4n) is 1.04. The molecule has 1 aromatic rings. The van der Waals surface area contributed by atoms with Crippen molar-refractivity contribution < 1.29 is 9.53 Å². The van der Waals surface area contributed by atoms with Crippen molar-refractivity contribution in [2.24, 2.45) is 0 Å². The first-order valence-electron chi connectivity index (χ1n) is 4.03. The number of hydrogen-bond donors (Lipinski definition) is 0. The second kappa shape index (κ2) is 5.29. The van der Waals surface area contributed by atoms with Gasteiger partial charge in [0, 0.05) is 8.95 Å². The standard InChI is InChI=1S/C10H7Br2NO2/c1-15-10(14)3-6-2-7(5-13)9(12)4-8(6)11/h2,4H,3H2,1H3. The van der Waals surface area contributed by atoms with Crippen molar-refractivity contribution in [3.63, 3.8) is 0 Å². The molecule has 0 aliphatic heterocycles. The van der Waals surface area contributed by atoms with E-state index in [-0.39, 0.29) is 12.4 Å². The Morgan fingerprint density at radius 1 is 1.47 bits per heavy atom. The van der Waals surface area contributed by atoms with Gasteiger partial charge in [0.05, 0.1) is 19.1 Å². The zero-order chi connectivity index (χ0) is 11.4. The van der Waals surface area contributed by atoms with Crippen LogP contribution in [-0.2, 0) is 16.0 Å². The summed E-state index contributed by atoms with van der Waals surface area (Å²) in [6.07, 6.45) is 0.152. The van der Waals surface area contributed by atoms with E-state index in [1.54, 1.807) is 12.1 Å². The normalized spacial score (nSPS) is 9.47. The second-order valence-electron chi connectivity index (χ2n) is 2.79. The second-order valence-corrected chi connectivity index (χ2v) is 4.50. The molecule has 0 N–H and O–H groups in total. The van der Waals surface area contributed by atoms with Crippen LogP contribution in [0.25, 0.3) is 0 Å². The maximum atomic E-state index is 11.1. The van der Waals surface area contributed by atoms with Crippen molar-refractivity contribution in [3.8, 4) is 6.07 Å². The van der Waals surface area contributed by atoms with Gasteiger partial charge in [0.1, 0.15) is 6.07 Å². The number of benzene rings is 1. The first-order chi connectivity index (χ1) is 7.08. The summed E-state index contributed by atoms with van der Waals surface area (Å²) in [5.74, 6) is -0.332. The van der Waals surface area contributed by atoms with Gasteiger partial charge in [0.15, 0.2) is 0 Å². The summed E-state index contributed by atoms with van der Waals surface area (Å²) in [4.78, 5) is 11.1. The minimum Gasteiger partial charge on any atom is -0.469 e. The lowest BCUT2D eigenvalue weighted by molar-refractivity contribution is -0.139. The number of methoxy groups -OCH3 is 1. The Balaban J connectivity index is 3.09. The van der Waals surface area contributed by atoms with Crippen LogP contribution in [0.4, 0.5) is 0 Å². The third-order valence-electron chi connectivity index (χ3n) is 1.82. The van der Waals surface area contributed by atoms with Crippen LogP contribution in [0.5, 0.6) is 0 Å². The number of nitriles is 1. The van der Waals surface area contributed by atoms with Gasteiger partial charge >= 0.3 is 5.97 Å². The molecule has 0 saturated carbocycles. The molecule has 1 rings (SSSR count). The van der Waals surface area contributed by atoms with E-state index >= 15 is 0 Å². The molecule has 0 aliphatic carbocycles. The van der Waals surface area contributed by atoms with Crippen LogP contribution in [0.2, 0.25) is 0 Å². The van der Waals surface area contributed by atoms with E-state index in [1.165, 1.54) is 7.11 Å². The number of ether oxygens (including phenoxy) is 1. The van der Waals surface area contributed by atoms with Crippen molar-refractivity contribution in [2.45, 2.75) is 6.42 Å². The predicted molar refractivity (Wildman–Crippen MR) is 62.3 cm³/mol. The van der Waals surface area contributed by atoms with Crippen LogP contribution in [0.3, 0.4) is 0 Å². The molecule has 0 aliphatic rings. The molecule has 0 unspecified atom stereocenters. The summed E-state index contributed by atoms with van der Waals surface area (Å²) in [6, 6.07) is 5.44. The predicted octanol–water partition coefficient (Wildman–Crippen LogP) is 2.80. The minimum atomic E-state index is -0.332. The van der Waals surface area contributed by atoms with E-state index in [4.69, 9.17) is 5.26 Å². The molecule has 5 heteroatoms. The van der Waals surface area contributed by atoms with Crippen LogP contribution < -0.4 is 0 Å². The van der Waals surface area contributed by atoms with Crippen LogP contribution >= 0.6 is 31.9 Å². The highest BCUT2D eigenvalue weighted by atomic mass is 79.9. The molecule has 0 atom stereocenters. The molecule has 0 fully saturated rings.